The quantitative estimate of drug-likeness (QED) is 0.323. The molecule has 2 aliphatic heterocycles. The average Bonchev–Trinajstić information content (AvgIpc) is 3.66. The number of hydrogen-bond donors (Lipinski definition) is 2. The number of rotatable bonds is 12. The van der Waals surface area contributed by atoms with E-state index >= 15 is 0 Å². The number of aliphatic carboxylic acids is 1. The van der Waals surface area contributed by atoms with E-state index in [0.29, 0.717) is 18.9 Å². The van der Waals surface area contributed by atoms with Gasteiger partial charge in [-0.15, -0.1) is 0 Å². The molecule has 2 aliphatic rings. The summed E-state index contributed by atoms with van der Waals surface area (Å²) in [6, 6.07) is 14.5. The lowest BCUT2D eigenvalue weighted by molar-refractivity contribution is -0.136. The number of carbonyl (C=O) groups is 2. The van der Waals surface area contributed by atoms with Crippen LogP contribution in [0.5, 0.6) is 0 Å². The molecule has 2 aromatic carbocycles. The monoisotopic (exact) mass is 520 g/mol. The van der Waals surface area contributed by atoms with Crippen molar-refractivity contribution in [3.63, 3.8) is 0 Å². The van der Waals surface area contributed by atoms with Gasteiger partial charge in [0.15, 0.2) is 5.69 Å². The lowest BCUT2D eigenvalue weighted by atomic mass is 9.75. The molecule has 0 aliphatic carbocycles. The number of aryl methyl sites for hydroxylation is 2. The first-order valence-electron chi connectivity index (χ1n) is 13.4. The third kappa shape index (κ3) is 6.13. The summed E-state index contributed by atoms with van der Waals surface area (Å²) in [6.45, 7) is 0.523. The number of hydrogen-bond acceptors (Lipinski definition) is 5. The van der Waals surface area contributed by atoms with E-state index in [1.54, 1.807) is 12.1 Å². The predicted octanol–water partition coefficient (Wildman–Crippen LogP) is 5.09. The average molecular weight is 521 g/mol. The van der Waals surface area contributed by atoms with Crippen molar-refractivity contribution in [2.24, 2.45) is 5.92 Å². The zero-order valence-corrected chi connectivity index (χ0v) is 21.3. The van der Waals surface area contributed by atoms with Crippen LogP contribution in [0, 0.1) is 11.7 Å². The molecule has 2 fully saturated rings. The van der Waals surface area contributed by atoms with Gasteiger partial charge < -0.3 is 19.6 Å². The van der Waals surface area contributed by atoms with Crippen molar-refractivity contribution in [1.82, 2.24) is 10.3 Å². The molecule has 38 heavy (non-hydrogen) atoms. The summed E-state index contributed by atoms with van der Waals surface area (Å²) in [5.41, 5.74) is 3.52. The highest BCUT2D eigenvalue weighted by molar-refractivity contribution is 5.91. The van der Waals surface area contributed by atoms with Gasteiger partial charge >= 0.3 is 5.97 Å². The van der Waals surface area contributed by atoms with Crippen molar-refractivity contribution in [3.8, 4) is 0 Å². The van der Waals surface area contributed by atoms with Crippen LogP contribution in [0.3, 0.4) is 0 Å². The summed E-state index contributed by atoms with van der Waals surface area (Å²) >= 11 is 0. The lowest BCUT2D eigenvalue weighted by Gasteiger charge is -2.26. The molecule has 2 saturated heterocycles. The van der Waals surface area contributed by atoms with Gasteiger partial charge in [0.25, 0.3) is 5.91 Å². The highest BCUT2D eigenvalue weighted by Gasteiger charge is 2.51. The van der Waals surface area contributed by atoms with E-state index in [4.69, 9.17) is 14.3 Å². The molecule has 0 saturated carbocycles. The van der Waals surface area contributed by atoms with E-state index in [1.165, 1.54) is 18.4 Å². The Kier molecular flexibility index (Phi) is 8.17. The molecule has 5 rings (SSSR count). The molecule has 200 valence electrons. The highest BCUT2D eigenvalue weighted by atomic mass is 19.1. The number of nitrogens with zero attached hydrogens (tertiary/aromatic N) is 1. The first kappa shape index (κ1) is 26.1. The number of benzene rings is 2. The first-order chi connectivity index (χ1) is 18.5. The highest BCUT2D eigenvalue weighted by Crippen LogP contribution is 2.50. The van der Waals surface area contributed by atoms with Crippen molar-refractivity contribution < 1.29 is 28.2 Å². The number of amides is 1. The second-order valence-electron chi connectivity index (χ2n) is 10.3. The Hall–Kier alpha value is -3.52. The van der Waals surface area contributed by atoms with Gasteiger partial charge in [-0.3, -0.25) is 9.59 Å². The number of aromatic nitrogens is 1. The van der Waals surface area contributed by atoms with Crippen LogP contribution in [0.4, 0.5) is 4.39 Å². The topological polar surface area (TPSA) is 102 Å². The van der Waals surface area contributed by atoms with E-state index < -0.39 is 5.97 Å². The molecule has 4 atom stereocenters. The smallest absolute Gasteiger partial charge is 0.303 e. The Morgan fingerprint density at radius 1 is 1.00 bits per heavy atom. The number of carbonyl (C=O) groups excluding carboxylic acids is 1. The lowest BCUT2D eigenvalue weighted by Crippen LogP contribution is -2.28. The van der Waals surface area contributed by atoms with Gasteiger partial charge in [-0.2, -0.15) is 0 Å². The van der Waals surface area contributed by atoms with Crippen molar-refractivity contribution in [3.05, 3.63) is 88.9 Å². The van der Waals surface area contributed by atoms with Gasteiger partial charge in [-0.05, 0) is 73.8 Å². The molecule has 0 unspecified atom stereocenters. The Labute approximate surface area is 221 Å². The fourth-order valence-corrected chi connectivity index (χ4v) is 5.81. The zero-order valence-electron chi connectivity index (χ0n) is 21.3. The number of ether oxygens (including phenoxy) is 1. The summed E-state index contributed by atoms with van der Waals surface area (Å²) in [7, 11) is 0. The summed E-state index contributed by atoms with van der Waals surface area (Å²) in [5, 5.41) is 12.0. The fraction of sp³-hybridized carbons (Fsp3) is 0.433. The van der Waals surface area contributed by atoms with Gasteiger partial charge in [0.1, 0.15) is 12.1 Å². The van der Waals surface area contributed by atoms with Gasteiger partial charge in [0, 0.05) is 18.9 Å². The molecular weight excluding hydrogens is 487 g/mol. The third-order valence-corrected chi connectivity index (χ3v) is 7.74. The molecule has 3 aromatic rings. The second-order valence-corrected chi connectivity index (χ2v) is 10.3. The molecular formula is C30H33FN2O5. The molecule has 3 heterocycles. The van der Waals surface area contributed by atoms with Crippen LogP contribution in [-0.4, -0.2) is 40.7 Å². The minimum absolute atomic E-state index is 0.0113. The number of carboxylic acid groups (broad SMARTS) is 1. The van der Waals surface area contributed by atoms with Gasteiger partial charge in [0.05, 0.1) is 18.1 Å². The number of halogens is 1. The largest absolute Gasteiger partial charge is 0.481 e. The van der Waals surface area contributed by atoms with Crippen LogP contribution in [0.1, 0.15) is 71.1 Å². The standard InChI is InChI=1S/C30H33FN2O5/c31-22-11-8-19(9-12-22)5-3-4-16-32-29(36)24-18-37-30(33-24)28-23(25-13-14-26(28)38-25)17-21-7-2-1-6-20(21)10-15-27(34)35/h1-2,6-9,11-12,18,23,25-26,28H,3-5,10,13-17H2,(H,32,36)(H,34,35)/t23-,25-,26+,28-/m0/s1. The summed E-state index contributed by atoms with van der Waals surface area (Å²) in [5.74, 6) is -0.663. The van der Waals surface area contributed by atoms with Crippen LogP contribution < -0.4 is 5.32 Å². The zero-order chi connectivity index (χ0) is 26.5. The van der Waals surface area contributed by atoms with Crippen LogP contribution in [0.2, 0.25) is 0 Å². The van der Waals surface area contributed by atoms with Crippen LogP contribution >= 0.6 is 0 Å². The summed E-state index contributed by atoms with van der Waals surface area (Å²) < 4.78 is 25.1. The number of unbranched alkanes of at least 4 members (excludes halogenated alkanes) is 1. The minimum Gasteiger partial charge on any atom is -0.481 e. The van der Waals surface area contributed by atoms with E-state index in [1.807, 2.05) is 18.2 Å². The van der Waals surface area contributed by atoms with Gasteiger partial charge in [-0.25, -0.2) is 9.37 Å². The number of fused-ring (bicyclic) bond motifs is 2. The van der Waals surface area contributed by atoms with E-state index in [-0.39, 0.29) is 47.9 Å². The minimum atomic E-state index is -0.806. The molecule has 1 amide bonds. The van der Waals surface area contributed by atoms with Crippen LogP contribution in [0.25, 0.3) is 0 Å². The maximum absolute atomic E-state index is 13.0. The Bertz CT molecular complexity index is 1260. The molecule has 7 nitrogen and oxygen atoms in total. The Balaban J connectivity index is 1.18. The maximum Gasteiger partial charge on any atom is 0.303 e. The number of nitrogens with one attached hydrogen (secondary N) is 1. The third-order valence-electron chi connectivity index (χ3n) is 7.74. The molecule has 1 aromatic heterocycles. The van der Waals surface area contributed by atoms with Crippen LogP contribution in [0.15, 0.2) is 59.2 Å². The Morgan fingerprint density at radius 2 is 1.76 bits per heavy atom. The normalized spacial score (nSPS) is 22.0. The molecule has 0 spiro atoms. The van der Waals surface area contributed by atoms with E-state index in [9.17, 15) is 14.0 Å². The molecule has 8 heteroatoms. The van der Waals surface area contributed by atoms with E-state index in [2.05, 4.69) is 16.4 Å². The molecule has 2 bridgehead atoms. The van der Waals surface area contributed by atoms with Crippen molar-refractivity contribution in [2.75, 3.05) is 6.54 Å². The predicted molar refractivity (Wildman–Crippen MR) is 138 cm³/mol. The van der Waals surface area contributed by atoms with Gasteiger partial charge in [0.2, 0.25) is 5.89 Å². The molecule has 0 radical (unpaired) electrons. The maximum atomic E-state index is 13.0. The van der Waals surface area contributed by atoms with Crippen molar-refractivity contribution in [1.29, 1.82) is 0 Å². The van der Waals surface area contributed by atoms with Crippen LogP contribution in [-0.2, 0) is 28.8 Å². The fourth-order valence-electron chi connectivity index (χ4n) is 5.81. The van der Waals surface area contributed by atoms with Gasteiger partial charge in [-0.1, -0.05) is 36.4 Å². The summed E-state index contributed by atoms with van der Waals surface area (Å²) in [4.78, 5) is 28.4. The van der Waals surface area contributed by atoms with Crippen molar-refractivity contribution in [2.45, 2.75) is 69.5 Å². The number of oxazole rings is 1. The summed E-state index contributed by atoms with van der Waals surface area (Å²) in [6.07, 6.45) is 7.30. The van der Waals surface area contributed by atoms with Crippen molar-refractivity contribution >= 4 is 11.9 Å². The Morgan fingerprint density at radius 3 is 2.55 bits per heavy atom. The first-order valence-corrected chi connectivity index (χ1v) is 13.4. The number of carboxylic acids is 1. The SMILES string of the molecule is O=C(O)CCc1ccccc1C[C@@H]1[C@H](c2nc(C(=O)NCCCCc3ccc(F)cc3)co2)[C@H]2CC[C@@H]1O2. The molecule has 2 N–H and O–H groups in total. The second kappa shape index (κ2) is 11.9. The van der Waals surface area contributed by atoms with E-state index in [0.717, 1.165) is 55.2 Å².